The minimum atomic E-state index is -4.66. The molecule has 2 amide bonds. The van der Waals surface area contributed by atoms with Crippen molar-refractivity contribution in [3.05, 3.63) is 59.4 Å². The number of amides is 2. The maximum absolute atomic E-state index is 13.6. The molecule has 2 aromatic rings. The van der Waals surface area contributed by atoms with E-state index in [0.717, 1.165) is 17.2 Å². The lowest BCUT2D eigenvalue weighted by atomic mass is 9.94. The molecule has 3 rings (SSSR count). The van der Waals surface area contributed by atoms with Gasteiger partial charge in [0.15, 0.2) is 0 Å². The van der Waals surface area contributed by atoms with Gasteiger partial charge in [-0.1, -0.05) is 12.1 Å². The van der Waals surface area contributed by atoms with Crippen LogP contribution in [0.25, 0.3) is 0 Å². The topological polar surface area (TPSA) is 82.5 Å². The fourth-order valence-corrected chi connectivity index (χ4v) is 2.86. The van der Waals surface area contributed by atoms with Crippen molar-refractivity contribution in [2.45, 2.75) is 24.8 Å². The number of likely N-dealkylation sites (tertiary alicyclic amines) is 1. The molecule has 28 heavy (non-hydrogen) atoms. The minimum Gasteiger partial charge on any atom is -0.465 e. The van der Waals surface area contributed by atoms with Crippen molar-refractivity contribution in [2.24, 2.45) is 0 Å². The molecule has 0 saturated carbocycles. The number of hydrogen-bond acceptors (Lipinski definition) is 3. The number of carboxylic acid groups (broad SMARTS) is 1. The van der Waals surface area contributed by atoms with Crippen LogP contribution in [0.1, 0.15) is 21.6 Å². The van der Waals surface area contributed by atoms with Gasteiger partial charge in [-0.2, -0.15) is 13.2 Å². The van der Waals surface area contributed by atoms with Gasteiger partial charge in [-0.05, 0) is 36.2 Å². The molecule has 0 aliphatic carbocycles. The molecule has 2 N–H and O–H groups in total. The molecule has 0 radical (unpaired) electrons. The Kier molecular flexibility index (Phi) is 5.21. The van der Waals surface area contributed by atoms with E-state index in [1.807, 2.05) is 0 Å². The highest BCUT2D eigenvalue weighted by Gasteiger charge is 2.42. The van der Waals surface area contributed by atoms with E-state index in [1.165, 1.54) is 12.1 Å². The van der Waals surface area contributed by atoms with Crippen LogP contribution in [0.4, 0.5) is 28.0 Å². The number of halogens is 4. The summed E-state index contributed by atoms with van der Waals surface area (Å²) in [5, 5.41) is 11.4. The molecule has 0 unspecified atom stereocenters. The number of pyridine rings is 1. The largest absolute Gasteiger partial charge is 0.465 e. The van der Waals surface area contributed by atoms with Gasteiger partial charge in [-0.25, -0.2) is 9.18 Å². The third-order valence-electron chi connectivity index (χ3n) is 4.40. The normalized spacial score (nSPS) is 19.1. The molecule has 1 aliphatic rings. The van der Waals surface area contributed by atoms with Crippen LogP contribution in [0.5, 0.6) is 0 Å². The third-order valence-corrected chi connectivity index (χ3v) is 4.40. The molecule has 10 heteroatoms. The van der Waals surface area contributed by atoms with Crippen LogP contribution in [-0.2, 0) is 12.6 Å². The van der Waals surface area contributed by atoms with Crippen molar-refractivity contribution in [3.63, 3.8) is 0 Å². The van der Waals surface area contributed by atoms with Gasteiger partial charge < -0.3 is 10.4 Å². The van der Waals surface area contributed by atoms with Crippen molar-refractivity contribution in [1.82, 2.24) is 9.88 Å². The SMILES string of the molecule is O=C(Nc1ccc(C[C@H]2[C@@H](F)CN2C(=O)O)cc1)c1ccnc(C(F)(F)F)c1. The van der Waals surface area contributed by atoms with Gasteiger partial charge in [0.1, 0.15) is 11.9 Å². The summed E-state index contributed by atoms with van der Waals surface area (Å²) in [5.41, 5.74) is -0.363. The van der Waals surface area contributed by atoms with E-state index in [9.17, 15) is 27.2 Å². The number of rotatable bonds is 4. The molecule has 1 aromatic carbocycles. The van der Waals surface area contributed by atoms with E-state index >= 15 is 0 Å². The Morgan fingerprint density at radius 3 is 2.46 bits per heavy atom. The van der Waals surface area contributed by atoms with Gasteiger partial charge in [0.05, 0.1) is 12.6 Å². The number of nitrogens with one attached hydrogen (secondary N) is 1. The number of nitrogens with zero attached hydrogens (tertiary/aromatic N) is 2. The maximum Gasteiger partial charge on any atom is 0.433 e. The second-order valence-electron chi connectivity index (χ2n) is 6.30. The first-order valence-electron chi connectivity index (χ1n) is 8.22. The van der Waals surface area contributed by atoms with E-state index in [1.54, 1.807) is 12.1 Å². The first kappa shape index (κ1) is 19.6. The highest BCUT2D eigenvalue weighted by Crippen LogP contribution is 2.28. The average molecular weight is 397 g/mol. The second kappa shape index (κ2) is 7.45. The van der Waals surface area contributed by atoms with Crippen LogP contribution in [0, 0.1) is 0 Å². The minimum absolute atomic E-state index is 0.153. The lowest BCUT2D eigenvalue weighted by Gasteiger charge is -2.42. The van der Waals surface area contributed by atoms with Crippen LogP contribution in [0.2, 0.25) is 0 Å². The summed E-state index contributed by atoms with van der Waals surface area (Å²) in [5.74, 6) is -0.736. The molecule has 1 fully saturated rings. The summed E-state index contributed by atoms with van der Waals surface area (Å²) in [6.45, 7) is -0.153. The summed E-state index contributed by atoms with van der Waals surface area (Å²) in [7, 11) is 0. The van der Waals surface area contributed by atoms with E-state index in [4.69, 9.17) is 5.11 Å². The second-order valence-corrected chi connectivity index (χ2v) is 6.30. The fraction of sp³-hybridized carbons (Fsp3) is 0.278. The smallest absolute Gasteiger partial charge is 0.433 e. The average Bonchev–Trinajstić information content (AvgIpc) is 2.64. The Morgan fingerprint density at radius 2 is 1.89 bits per heavy atom. The van der Waals surface area contributed by atoms with Crippen LogP contribution in [-0.4, -0.2) is 45.7 Å². The number of hydrogen-bond donors (Lipinski definition) is 2. The van der Waals surface area contributed by atoms with Gasteiger partial charge in [0.25, 0.3) is 5.91 Å². The Hall–Kier alpha value is -3.17. The van der Waals surface area contributed by atoms with Gasteiger partial charge in [-0.15, -0.1) is 0 Å². The van der Waals surface area contributed by atoms with Crippen molar-refractivity contribution < 1.29 is 32.3 Å². The molecule has 2 heterocycles. The highest BCUT2D eigenvalue weighted by molar-refractivity contribution is 6.04. The zero-order valence-corrected chi connectivity index (χ0v) is 14.3. The van der Waals surface area contributed by atoms with E-state index in [0.29, 0.717) is 17.3 Å². The zero-order valence-electron chi connectivity index (χ0n) is 14.3. The molecular formula is C18H15F4N3O3. The predicted octanol–water partition coefficient (Wildman–Crippen LogP) is 3.60. The highest BCUT2D eigenvalue weighted by atomic mass is 19.4. The summed E-state index contributed by atoms with van der Waals surface area (Å²) >= 11 is 0. The molecule has 2 atom stereocenters. The van der Waals surface area contributed by atoms with Crippen molar-refractivity contribution in [1.29, 1.82) is 0 Å². The lowest BCUT2D eigenvalue weighted by Crippen LogP contribution is -2.60. The fourth-order valence-electron chi connectivity index (χ4n) is 2.86. The molecule has 0 spiro atoms. The van der Waals surface area contributed by atoms with Crippen molar-refractivity contribution >= 4 is 17.7 Å². The van der Waals surface area contributed by atoms with Gasteiger partial charge in [0, 0.05) is 17.4 Å². The Morgan fingerprint density at radius 1 is 1.21 bits per heavy atom. The van der Waals surface area contributed by atoms with Crippen LogP contribution >= 0.6 is 0 Å². The van der Waals surface area contributed by atoms with E-state index in [-0.39, 0.29) is 18.5 Å². The Labute approximate surface area is 156 Å². The zero-order chi connectivity index (χ0) is 20.5. The number of anilines is 1. The first-order valence-corrected chi connectivity index (χ1v) is 8.22. The number of carbonyl (C=O) groups is 2. The molecular weight excluding hydrogens is 382 g/mol. The predicted molar refractivity (Wildman–Crippen MR) is 90.8 cm³/mol. The monoisotopic (exact) mass is 397 g/mol. The van der Waals surface area contributed by atoms with Crippen LogP contribution in [0.15, 0.2) is 42.6 Å². The Bertz CT molecular complexity index is 886. The molecule has 1 aliphatic heterocycles. The van der Waals surface area contributed by atoms with Gasteiger partial charge >= 0.3 is 12.3 Å². The van der Waals surface area contributed by atoms with Crippen LogP contribution in [0.3, 0.4) is 0 Å². The van der Waals surface area contributed by atoms with Gasteiger partial charge in [-0.3, -0.25) is 14.7 Å². The van der Waals surface area contributed by atoms with E-state index in [2.05, 4.69) is 10.3 Å². The van der Waals surface area contributed by atoms with Crippen LogP contribution < -0.4 is 5.32 Å². The summed E-state index contributed by atoms with van der Waals surface area (Å²) < 4.78 is 51.6. The van der Waals surface area contributed by atoms with Crippen molar-refractivity contribution in [3.8, 4) is 0 Å². The van der Waals surface area contributed by atoms with Gasteiger partial charge in [0.2, 0.25) is 0 Å². The number of aromatic nitrogens is 1. The summed E-state index contributed by atoms with van der Waals surface area (Å²) in [6.07, 6.45) is -5.98. The number of carbonyl (C=O) groups excluding carboxylic acids is 1. The summed E-state index contributed by atoms with van der Waals surface area (Å²) in [6, 6.07) is 7.27. The lowest BCUT2D eigenvalue weighted by molar-refractivity contribution is -0.141. The maximum atomic E-state index is 13.6. The standard InChI is InChI=1S/C18H15F4N3O3/c19-13-9-25(17(27)28)14(13)7-10-1-3-12(4-2-10)24-16(26)11-5-6-23-15(8-11)18(20,21)22/h1-6,8,13-14H,7,9H2,(H,24,26)(H,27,28)/t13-,14-/m0/s1. The first-order chi connectivity index (χ1) is 13.1. The summed E-state index contributed by atoms with van der Waals surface area (Å²) in [4.78, 5) is 27.3. The number of benzene rings is 1. The molecule has 1 aromatic heterocycles. The van der Waals surface area contributed by atoms with Crippen molar-refractivity contribution in [2.75, 3.05) is 11.9 Å². The Balaban J connectivity index is 1.64. The third kappa shape index (κ3) is 4.21. The number of alkyl halides is 4. The molecule has 6 nitrogen and oxygen atoms in total. The molecule has 1 saturated heterocycles. The van der Waals surface area contributed by atoms with E-state index < -0.39 is 36.1 Å². The quantitative estimate of drug-likeness (QED) is 0.773. The molecule has 148 valence electrons. The molecule has 0 bridgehead atoms.